The number of benzene rings is 1. The van der Waals surface area contributed by atoms with Crippen molar-refractivity contribution in [1.29, 1.82) is 0 Å². The number of rotatable bonds is 9. The van der Waals surface area contributed by atoms with Gasteiger partial charge in [-0.1, -0.05) is 31.2 Å². The fourth-order valence-electron chi connectivity index (χ4n) is 2.13. The van der Waals surface area contributed by atoms with E-state index in [1.807, 2.05) is 30.5 Å². The van der Waals surface area contributed by atoms with E-state index in [1.54, 1.807) is 11.8 Å². The van der Waals surface area contributed by atoms with E-state index in [1.165, 1.54) is 5.56 Å². The molecule has 1 fully saturated rings. The van der Waals surface area contributed by atoms with Crippen LogP contribution in [0.25, 0.3) is 0 Å². The lowest BCUT2D eigenvalue weighted by Crippen LogP contribution is -2.32. The van der Waals surface area contributed by atoms with Gasteiger partial charge in [-0.2, -0.15) is 11.8 Å². The largest absolute Gasteiger partial charge is 0.313 e. The predicted molar refractivity (Wildman–Crippen MR) is 89.9 cm³/mol. The molecule has 118 valence electrons. The van der Waals surface area contributed by atoms with Gasteiger partial charge in [0, 0.05) is 17.8 Å². The van der Waals surface area contributed by atoms with Crippen molar-refractivity contribution in [3.05, 3.63) is 35.4 Å². The molecule has 4 nitrogen and oxygen atoms in total. The van der Waals surface area contributed by atoms with Gasteiger partial charge in [-0.15, -0.1) is 0 Å². The van der Waals surface area contributed by atoms with Crippen molar-refractivity contribution in [2.24, 2.45) is 0 Å². The van der Waals surface area contributed by atoms with Crippen LogP contribution in [-0.4, -0.2) is 32.5 Å². The summed E-state index contributed by atoms with van der Waals surface area (Å²) in [6.07, 6.45) is 4.26. The van der Waals surface area contributed by atoms with Crippen molar-refractivity contribution in [2.75, 3.05) is 19.3 Å². The molecule has 1 aliphatic carbocycles. The Bertz CT molecular complexity index is 552. The van der Waals surface area contributed by atoms with Crippen LogP contribution in [0.5, 0.6) is 0 Å². The molecule has 0 saturated heterocycles. The first kappa shape index (κ1) is 16.8. The van der Waals surface area contributed by atoms with Gasteiger partial charge in [0.25, 0.3) is 0 Å². The third-order valence-corrected chi connectivity index (χ3v) is 6.53. The van der Waals surface area contributed by atoms with Gasteiger partial charge >= 0.3 is 0 Å². The molecule has 0 spiro atoms. The third kappa shape index (κ3) is 5.29. The highest BCUT2D eigenvalue weighted by Gasteiger charge is 2.42. The number of hydrogen-bond donors (Lipinski definition) is 2. The number of hydrogen-bond acceptors (Lipinski definition) is 4. The molecule has 6 heteroatoms. The first-order valence-corrected chi connectivity index (χ1v) is 10.2. The molecule has 21 heavy (non-hydrogen) atoms. The zero-order valence-electron chi connectivity index (χ0n) is 12.7. The number of thioether (sulfide) groups is 1. The molecule has 0 amide bonds. The zero-order valence-corrected chi connectivity index (χ0v) is 14.3. The van der Waals surface area contributed by atoms with E-state index < -0.39 is 10.0 Å². The Morgan fingerprint density at radius 1 is 1.19 bits per heavy atom. The Kier molecular flexibility index (Phi) is 5.71. The van der Waals surface area contributed by atoms with Crippen LogP contribution < -0.4 is 10.0 Å². The van der Waals surface area contributed by atoms with Gasteiger partial charge in [0.15, 0.2) is 0 Å². The van der Waals surface area contributed by atoms with Crippen LogP contribution in [-0.2, 0) is 22.3 Å². The summed E-state index contributed by atoms with van der Waals surface area (Å²) in [7, 11) is -3.25. The molecule has 2 N–H and O–H groups in total. The molecule has 0 atom stereocenters. The second-order valence-corrected chi connectivity index (χ2v) is 8.65. The van der Waals surface area contributed by atoms with Crippen molar-refractivity contribution >= 4 is 21.8 Å². The zero-order chi connectivity index (χ0) is 15.3. The summed E-state index contributed by atoms with van der Waals surface area (Å²) in [5.41, 5.74) is 2.00. The van der Waals surface area contributed by atoms with E-state index in [2.05, 4.69) is 17.0 Å². The highest BCUT2D eigenvalue weighted by molar-refractivity contribution is 8.00. The minimum absolute atomic E-state index is 0.0545. The Morgan fingerprint density at radius 3 is 2.33 bits per heavy atom. The van der Waals surface area contributed by atoms with Gasteiger partial charge in [-0.3, -0.25) is 0 Å². The van der Waals surface area contributed by atoms with Gasteiger partial charge in [0.2, 0.25) is 10.0 Å². The summed E-state index contributed by atoms with van der Waals surface area (Å²) < 4.78 is 27.1. The monoisotopic (exact) mass is 328 g/mol. The second-order valence-electron chi connectivity index (χ2n) is 5.56. The normalized spacial score (nSPS) is 16.9. The van der Waals surface area contributed by atoms with E-state index in [0.29, 0.717) is 6.54 Å². The van der Waals surface area contributed by atoms with Crippen LogP contribution >= 0.6 is 11.8 Å². The summed E-state index contributed by atoms with van der Waals surface area (Å²) in [6.45, 7) is 4.36. The van der Waals surface area contributed by atoms with Crippen LogP contribution in [0.2, 0.25) is 0 Å². The molecule has 2 rings (SSSR count). The minimum atomic E-state index is -3.25. The van der Waals surface area contributed by atoms with Gasteiger partial charge in [0.05, 0.1) is 5.75 Å². The van der Waals surface area contributed by atoms with E-state index in [9.17, 15) is 8.42 Å². The van der Waals surface area contributed by atoms with Gasteiger partial charge < -0.3 is 5.32 Å². The maximum absolute atomic E-state index is 12.1. The topological polar surface area (TPSA) is 58.2 Å². The molecule has 1 aromatic rings. The summed E-state index contributed by atoms with van der Waals surface area (Å²) in [4.78, 5) is 0. The summed E-state index contributed by atoms with van der Waals surface area (Å²) in [5, 5.41) is 3.25. The summed E-state index contributed by atoms with van der Waals surface area (Å²) in [6, 6.07) is 7.76. The predicted octanol–water partition coefficient (Wildman–Crippen LogP) is 2.11. The summed E-state index contributed by atoms with van der Waals surface area (Å²) in [5.74, 6) is 0.0545. The van der Waals surface area contributed by atoms with Crippen molar-refractivity contribution < 1.29 is 8.42 Å². The molecule has 1 aromatic carbocycles. The highest BCUT2D eigenvalue weighted by Crippen LogP contribution is 2.46. The highest BCUT2D eigenvalue weighted by atomic mass is 32.2. The second kappa shape index (κ2) is 7.13. The summed E-state index contributed by atoms with van der Waals surface area (Å²) >= 11 is 1.76. The van der Waals surface area contributed by atoms with E-state index in [4.69, 9.17) is 0 Å². The van der Waals surface area contributed by atoms with Gasteiger partial charge in [-0.05, 0) is 36.8 Å². The Balaban J connectivity index is 1.87. The van der Waals surface area contributed by atoms with E-state index in [-0.39, 0.29) is 10.5 Å². The van der Waals surface area contributed by atoms with Crippen LogP contribution in [0, 0.1) is 0 Å². The number of nitrogens with one attached hydrogen (secondary N) is 2. The average molecular weight is 329 g/mol. The molecule has 0 heterocycles. The molecule has 1 saturated carbocycles. The smallest absolute Gasteiger partial charge is 0.215 e. The molecule has 1 aliphatic rings. The Hall–Kier alpha value is -0.560. The third-order valence-electron chi connectivity index (χ3n) is 3.81. The molecule has 0 radical (unpaired) electrons. The maximum Gasteiger partial charge on any atom is 0.215 e. The fraction of sp³-hybridized carbons (Fsp3) is 0.600. The quantitative estimate of drug-likeness (QED) is 0.729. The molecular weight excluding hydrogens is 304 g/mol. The lowest BCUT2D eigenvalue weighted by Gasteiger charge is -2.13. The minimum Gasteiger partial charge on any atom is -0.313 e. The van der Waals surface area contributed by atoms with Crippen molar-refractivity contribution in [1.82, 2.24) is 10.0 Å². The maximum atomic E-state index is 12.1. The first-order chi connectivity index (χ1) is 9.99. The van der Waals surface area contributed by atoms with Crippen molar-refractivity contribution in [2.45, 2.75) is 36.8 Å². The Morgan fingerprint density at radius 2 is 1.81 bits per heavy atom. The fourth-order valence-corrected chi connectivity index (χ4v) is 4.17. The van der Waals surface area contributed by atoms with Crippen LogP contribution in [0.4, 0.5) is 0 Å². The Labute approximate surface area is 132 Å². The standard InChI is InChI=1S/C15H24N2O2S2/c1-3-16-10-13-4-6-14(7-5-13)11-21(18,19)17-12-15(20-2)8-9-15/h4-7,16-17H,3,8-12H2,1-2H3. The van der Waals surface area contributed by atoms with Crippen molar-refractivity contribution in [3.8, 4) is 0 Å². The first-order valence-electron chi connectivity index (χ1n) is 7.30. The lowest BCUT2D eigenvalue weighted by atomic mass is 10.1. The van der Waals surface area contributed by atoms with Gasteiger partial charge in [0.1, 0.15) is 0 Å². The molecular formula is C15H24N2O2S2. The van der Waals surface area contributed by atoms with Crippen LogP contribution in [0.15, 0.2) is 24.3 Å². The molecule has 0 aliphatic heterocycles. The molecule has 0 bridgehead atoms. The molecule has 0 aromatic heterocycles. The lowest BCUT2D eigenvalue weighted by molar-refractivity contribution is 0.579. The van der Waals surface area contributed by atoms with E-state index in [0.717, 1.165) is 31.5 Å². The van der Waals surface area contributed by atoms with Crippen LogP contribution in [0.3, 0.4) is 0 Å². The van der Waals surface area contributed by atoms with Crippen molar-refractivity contribution in [3.63, 3.8) is 0 Å². The van der Waals surface area contributed by atoms with Crippen LogP contribution in [0.1, 0.15) is 30.9 Å². The van der Waals surface area contributed by atoms with Gasteiger partial charge in [-0.25, -0.2) is 13.1 Å². The van der Waals surface area contributed by atoms with E-state index >= 15 is 0 Å². The average Bonchev–Trinajstić information content (AvgIpc) is 3.25. The number of sulfonamides is 1. The molecule has 0 unspecified atom stereocenters. The SMILES string of the molecule is CCNCc1ccc(CS(=O)(=O)NCC2(SC)CC2)cc1.